The summed E-state index contributed by atoms with van der Waals surface area (Å²) >= 11 is 0. The lowest BCUT2D eigenvalue weighted by Crippen LogP contribution is -2.09. The number of aromatic amines is 1. The fraction of sp³-hybridized carbons (Fsp3) is 0.231. The van der Waals surface area contributed by atoms with Crippen LogP contribution >= 0.6 is 0 Å². The molecule has 4 nitrogen and oxygen atoms in total. The van der Waals surface area contributed by atoms with Gasteiger partial charge in [0.25, 0.3) is 0 Å². The van der Waals surface area contributed by atoms with Crippen LogP contribution < -0.4 is 5.43 Å². The molecule has 1 aromatic carbocycles. The van der Waals surface area contributed by atoms with E-state index in [2.05, 4.69) is 10.1 Å². The Balaban J connectivity index is 2.68. The zero-order valence-electron chi connectivity index (χ0n) is 10.0. The van der Waals surface area contributed by atoms with Gasteiger partial charge in [-0.2, -0.15) is 5.10 Å². The van der Waals surface area contributed by atoms with Crippen LogP contribution in [0.1, 0.15) is 11.1 Å². The van der Waals surface area contributed by atoms with E-state index < -0.39 is 0 Å². The van der Waals surface area contributed by atoms with Crippen LogP contribution in [-0.2, 0) is 7.05 Å². The number of nitrogens with one attached hydrogen (secondary N) is 1. The lowest BCUT2D eigenvalue weighted by molar-refractivity contribution is 0.795. The molecule has 0 aliphatic rings. The monoisotopic (exact) mass is 227 g/mol. The number of rotatable bonds is 0. The first-order valence-corrected chi connectivity index (χ1v) is 5.53. The highest BCUT2D eigenvalue weighted by Gasteiger charge is 2.11. The number of fused-ring (bicyclic) bond motifs is 2. The van der Waals surface area contributed by atoms with Crippen molar-refractivity contribution < 1.29 is 0 Å². The van der Waals surface area contributed by atoms with Crippen molar-refractivity contribution in [2.75, 3.05) is 0 Å². The van der Waals surface area contributed by atoms with E-state index in [0.29, 0.717) is 5.52 Å². The van der Waals surface area contributed by atoms with E-state index in [0.717, 1.165) is 27.5 Å². The number of pyridine rings is 1. The molecule has 2 aromatic heterocycles. The summed E-state index contributed by atoms with van der Waals surface area (Å²) in [6, 6.07) is 3.97. The molecule has 0 saturated heterocycles. The third kappa shape index (κ3) is 1.24. The van der Waals surface area contributed by atoms with Crippen LogP contribution in [0.25, 0.3) is 21.9 Å². The number of benzene rings is 1. The Morgan fingerprint density at radius 2 is 2.00 bits per heavy atom. The maximum absolute atomic E-state index is 12.5. The topological polar surface area (TPSA) is 50.7 Å². The van der Waals surface area contributed by atoms with Crippen molar-refractivity contribution in [1.29, 1.82) is 0 Å². The molecule has 86 valence electrons. The maximum atomic E-state index is 12.5. The minimum atomic E-state index is 0.0509. The van der Waals surface area contributed by atoms with Crippen molar-refractivity contribution in [3.63, 3.8) is 0 Å². The molecular formula is C13H13N3O. The van der Waals surface area contributed by atoms with Crippen LogP contribution in [0.5, 0.6) is 0 Å². The van der Waals surface area contributed by atoms with Gasteiger partial charge in [-0.3, -0.25) is 9.48 Å². The number of hydrogen-bond donors (Lipinski definition) is 1. The van der Waals surface area contributed by atoms with Gasteiger partial charge in [0.1, 0.15) is 5.52 Å². The molecule has 4 heteroatoms. The second-order valence-electron chi connectivity index (χ2n) is 4.41. The first kappa shape index (κ1) is 10.1. The van der Waals surface area contributed by atoms with E-state index in [9.17, 15) is 4.79 Å². The van der Waals surface area contributed by atoms with Crippen LogP contribution in [0, 0.1) is 13.8 Å². The summed E-state index contributed by atoms with van der Waals surface area (Å²) in [4.78, 5) is 15.7. The SMILES string of the molecule is Cc1ccc2[nH]c3cnn(C)c3c(=O)c2c1C. The number of H-pyrrole nitrogens is 1. The van der Waals surface area contributed by atoms with Gasteiger partial charge in [0.05, 0.1) is 22.6 Å². The quantitative estimate of drug-likeness (QED) is 0.639. The van der Waals surface area contributed by atoms with E-state index in [4.69, 9.17) is 0 Å². The van der Waals surface area contributed by atoms with E-state index in [1.807, 2.05) is 26.0 Å². The van der Waals surface area contributed by atoms with Gasteiger partial charge in [-0.25, -0.2) is 0 Å². The normalized spacial score (nSPS) is 11.5. The molecule has 0 fully saturated rings. The lowest BCUT2D eigenvalue weighted by atomic mass is 10.0. The average Bonchev–Trinajstić information content (AvgIpc) is 2.66. The van der Waals surface area contributed by atoms with Gasteiger partial charge in [0.15, 0.2) is 0 Å². The van der Waals surface area contributed by atoms with E-state index in [-0.39, 0.29) is 5.43 Å². The molecule has 0 amide bonds. The number of nitrogens with zero attached hydrogens (tertiary/aromatic N) is 2. The van der Waals surface area contributed by atoms with Gasteiger partial charge in [-0.05, 0) is 31.0 Å². The minimum absolute atomic E-state index is 0.0509. The average molecular weight is 227 g/mol. The second-order valence-corrected chi connectivity index (χ2v) is 4.41. The summed E-state index contributed by atoms with van der Waals surface area (Å²) in [6.07, 6.45) is 1.69. The molecule has 0 saturated carbocycles. The molecule has 0 bridgehead atoms. The fourth-order valence-electron chi connectivity index (χ4n) is 2.27. The van der Waals surface area contributed by atoms with Gasteiger partial charge in [-0.15, -0.1) is 0 Å². The molecule has 2 heterocycles. The van der Waals surface area contributed by atoms with Gasteiger partial charge in [-0.1, -0.05) is 6.07 Å². The van der Waals surface area contributed by atoms with Gasteiger partial charge in [0, 0.05) is 7.05 Å². The summed E-state index contributed by atoms with van der Waals surface area (Å²) < 4.78 is 1.62. The third-order valence-corrected chi connectivity index (χ3v) is 3.39. The highest BCUT2D eigenvalue weighted by molar-refractivity contribution is 5.92. The first-order chi connectivity index (χ1) is 8.09. The smallest absolute Gasteiger partial charge is 0.215 e. The third-order valence-electron chi connectivity index (χ3n) is 3.39. The summed E-state index contributed by atoms with van der Waals surface area (Å²) in [5.41, 5.74) is 4.50. The lowest BCUT2D eigenvalue weighted by Gasteiger charge is -2.05. The molecule has 3 aromatic rings. The standard InChI is InChI=1S/C13H13N3O/c1-7-4-5-9-11(8(7)2)13(17)12-10(15-9)6-14-16(12)3/h4-6H,1-3H3,(H,15,17). The van der Waals surface area contributed by atoms with Crippen molar-refractivity contribution >= 4 is 21.9 Å². The fourth-order valence-corrected chi connectivity index (χ4v) is 2.27. The van der Waals surface area contributed by atoms with Crippen LogP contribution in [0.4, 0.5) is 0 Å². The predicted molar refractivity (Wildman–Crippen MR) is 68.3 cm³/mol. The molecular weight excluding hydrogens is 214 g/mol. The van der Waals surface area contributed by atoms with Gasteiger partial charge < -0.3 is 4.98 Å². The summed E-state index contributed by atoms with van der Waals surface area (Å²) in [5.74, 6) is 0. The number of hydrogen-bond acceptors (Lipinski definition) is 2. The Morgan fingerprint density at radius 1 is 1.24 bits per heavy atom. The van der Waals surface area contributed by atoms with Crippen molar-refractivity contribution in [2.24, 2.45) is 7.05 Å². The van der Waals surface area contributed by atoms with Gasteiger partial charge >= 0.3 is 0 Å². The first-order valence-electron chi connectivity index (χ1n) is 5.53. The molecule has 0 aliphatic heterocycles. The number of aryl methyl sites for hydroxylation is 3. The Morgan fingerprint density at radius 3 is 2.76 bits per heavy atom. The zero-order chi connectivity index (χ0) is 12.2. The molecule has 17 heavy (non-hydrogen) atoms. The predicted octanol–water partition coefficient (Wildman–Crippen LogP) is 2.03. The highest BCUT2D eigenvalue weighted by atomic mass is 16.1. The molecule has 3 rings (SSSR count). The summed E-state index contributed by atoms with van der Waals surface area (Å²) in [5, 5.41) is 4.88. The van der Waals surface area contributed by atoms with Gasteiger partial charge in [0.2, 0.25) is 5.43 Å². The molecule has 0 radical (unpaired) electrons. The van der Waals surface area contributed by atoms with E-state index in [1.54, 1.807) is 17.9 Å². The summed E-state index contributed by atoms with van der Waals surface area (Å²) in [6.45, 7) is 4.00. The minimum Gasteiger partial charge on any atom is -0.352 e. The maximum Gasteiger partial charge on any atom is 0.215 e. The molecule has 0 unspecified atom stereocenters. The van der Waals surface area contributed by atoms with Crippen LogP contribution in [0.2, 0.25) is 0 Å². The molecule has 0 atom stereocenters. The Kier molecular flexibility index (Phi) is 1.90. The number of aromatic nitrogens is 3. The Labute approximate surface area is 97.9 Å². The zero-order valence-corrected chi connectivity index (χ0v) is 10.0. The van der Waals surface area contributed by atoms with Crippen LogP contribution in [0.15, 0.2) is 23.1 Å². The largest absolute Gasteiger partial charge is 0.352 e. The second kappa shape index (κ2) is 3.20. The highest BCUT2D eigenvalue weighted by Crippen LogP contribution is 2.19. The van der Waals surface area contributed by atoms with E-state index >= 15 is 0 Å². The Bertz CT molecular complexity index is 796. The van der Waals surface area contributed by atoms with Crippen molar-refractivity contribution in [3.8, 4) is 0 Å². The molecule has 1 N–H and O–H groups in total. The van der Waals surface area contributed by atoms with Crippen molar-refractivity contribution in [1.82, 2.24) is 14.8 Å². The summed E-state index contributed by atoms with van der Waals surface area (Å²) in [7, 11) is 1.79. The molecule has 0 aliphatic carbocycles. The van der Waals surface area contributed by atoms with Crippen LogP contribution in [-0.4, -0.2) is 14.8 Å². The molecule has 0 spiro atoms. The Hall–Kier alpha value is -2.10. The van der Waals surface area contributed by atoms with Crippen molar-refractivity contribution in [2.45, 2.75) is 13.8 Å². The van der Waals surface area contributed by atoms with E-state index in [1.165, 1.54) is 0 Å². The van der Waals surface area contributed by atoms with Crippen molar-refractivity contribution in [3.05, 3.63) is 39.7 Å². The van der Waals surface area contributed by atoms with Crippen LogP contribution in [0.3, 0.4) is 0 Å².